The molecule has 2 aliphatic heterocycles. The van der Waals surface area contributed by atoms with E-state index >= 15 is 4.39 Å². The summed E-state index contributed by atoms with van der Waals surface area (Å²) < 4.78 is 25.4. The highest BCUT2D eigenvalue weighted by atomic mass is 32.1. The van der Waals surface area contributed by atoms with Crippen molar-refractivity contribution in [3.8, 4) is 0 Å². The van der Waals surface area contributed by atoms with Crippen LogP contribution in [0, 0.1) is 12.7 Å². The molecule has 2 heterocycles. The average Bonchev–Trinajstić information content (AvgIpc) is 3.26. The predicted molar refractivity (Wildman–Crippen MR) is 139 cm³/mol. The highest BCUT2D eigenvalue weighted by Crippen LogP contribution is 2.28. The van der Waals surface area contributed by atoms with E-state index in [1.165, 1.54) is 11.0 Å². The van der Waals surface area contributed by atoms with Crippen LogP contribution < -0.4 is 20.9 Å². The molecule has 2 amide bonds. The van der Waals surface area contributed by atoms with Gasteiger partial charge in [-0.15, -0.1) is 0 Å². The third-order valence-corrected chi connectivity index (χ3v) is 6.35. The van der Waals surface area contributed by atoms with Gasteiger partial charge < -0.3 is 30.3 Å². The number of halogens is 1. The minimum atomic E-state index is -0.572. The molecule has 10 nitrogen and oxygen atoms in total. The molecule has 37 heavy (non-hydrogen) atoms. The van der Waals surface area contributed by atoms with Gasteiger partial charge in [-0.1, -0.05) is 17.7 Å². The van der Waals surface area contributed by atoms with E-state index in [9.17, 15) is 14.4 Å². The van der Waals surface area contributed by atoms with E-state index in [0.717, 1.165) is 5.56 Å². The minimum Gasteiger partial charge on any atom is -0.452 e. The van der Waals surface area contributed by atoms with Crippen LogP contribution in [-0.4, -0.2) is 80.0 Å². The molecule has 0 aromatic heterocycles. The van der Waals surface area contributed by atoms with Gasteiger partial charge in [-0.3, -0.25) is 9.69 Å². The van der Waals surface area contributed by atoms with Gasteiger partial charge in [0.1, 0.15) is 11.9 Å². The summed E-state index contributed by atoms with van der Waals surface area (Å²) >= 11 is 4.76. The van der Waals surface area contributed by atoms with Crippen molar-refractivity contribution in [1.29, 1.82) is 0 Å². The highest BCUT2D eigenvalue weighted by molar-refractivity contribution is 7.80. The van der Waals surface area contributed by atoms with Crippen molar-refractivity contribution in [2.75, 3.05) is 55.7 Å². The summed E-state index contributed by atoms with van der Waals surface area (Å²) in [6.07, 6.45) is -1.03. The van der Waals surface area contributed by atoms with Gasteiger partial charge in [-0.05, 0) is 49.5 Å². The molecular weight excluding hydrogens is 501 g/mol. The number of ether oxygens (including phenoxy) is 2. The van der Waals surface area contributed by atoms with Crippen LogP contribution in [0.15, 0.2) is 42.5 Å². The van der Waals surface area contributed by atoms with Gasteiger partial charge in [0.2, 0.25) is 0 Å². The van der Waals surface area contributed by atoms with Crippen LogP contribution >= 0.6 is 12.2 Å². The van der Waals surface area contributed by atoms with E-state index in [1.807, 2.05) is 11.8 Å². The number of thiocarbonyl (C=S) groups is 1. The molecule has 1 unspecified atom stereocenters. The van der Waals surface area contributed by atoms with Gasteiger partial charge in [0.05, 0.1) is 30.0 Å². The number of aryl methyl sites for hydroxylation is 1. The van der Waals surface area contributed by atoms with E-state index in [-0.39, 0.29) is 30.7 Å². The molecule has 0 bridgehead atoms. The van der Waals surface area contributed by atoms with Crippen LogP contribution in [0.2, 0.25) is 0 Å². The average molecular weight is 530 g/mol. The monoisotopic (exact) mass is 529 g/mol. The molecule has 2 aromatic carbocycles. The molecule has 0 spiro atoms. The largest absolute Gasteiger partial charge is 0.452 e. The van der Waals surface area contributed by atoms with Crippen LogP contribution in [0.1, 0.15) is 15.9 Å². The number of cyclic esters (lactones) is 1. The van der Waals surface area contributed by atoms with E-state index in [2.05, 4.69) is 5.32 Å². The molecular formula is C25H28FN5O5S. The number of nitrogens with one attached hydrogen (secondary N) is 1. The standard InChI is InChI=1S/C25H28FN5O5S/c1-16-2-4-17(5-3-16)23(33)35-15-22(32)30-10-8-29(9-11-30)21-7-6-18(12-20(21)26)31-14-19(36-25(31)34)13-28-24(27)37/h2-7,12,19H,8-11,13-15H2,1H3,(H3,27,28,37). The number of hydrogen-bond donors (Lipinski definition) is 2. The maximum atomic E-state index is 15.0. The number of hydrogen-bond acceptors (Lipinski definition) is 7. The Labute approximate surface area is 219 Å². The van der Waals surface area contributed by atoms with E-state index < -0.39 is 24.0 Å². The lowest BCUT2D eigenvalue weighted by atomic mass is 10.1. The summed E-state index contributed by atoms with van der Waals surface area (Å²) in [5, 5.41) is 2.86. The van der Waals surface area contributed by atoms with Gasteiger partial charge in [-0.2, -0.15) is 0 Å². The number of nitrogens with two attached hydrogens (primary N) is 1. The third kappa shape index (κ3) is 6.45. The number of esters is 1. The van der Waals surface area contributed by atoms with E-state index in [1.54, 1.807) is 41.3 Å². The lowest BCUT2D eigenvalue weighted by Crippen LogP contribution is -2.50. The van der Waals surface area contributed by atoms with Crippen molar-refractivity contribution in [3.63, 3.8) is 0 Å². The second kappa shape index (κ2) is 11.4. The van der Waals surface area contributed by atoms with Gasteiger partial charge in [0.25, 0.3) is 5.91 Å². The number of benzene rings is 2. The zero-order valence-electron chi connectivity index (χ0n) is 20.3. The third-order valence-electron chi connectivity index (χ3n) is 6.21. The van der Waals surface area contributed by atoms with Crippen molar-refractivity contribution in [3.05, 3.63) is 59.4 Å². The van der Waals surface area contributed by atoms with Crippen molar-refractivity contribution >= 4 is 46.7 Å². The summed E-state index contributed by atoms with van der Waals surface area (Å²) in [6, 6.07) is 11.5. The summed E-state index contributed by atoms with van der Waals surface area (Å²) in [5.41, 5.74) is 7.57. The van der Waals surface area contributed by atoms with Crippen molar-refractivity contribution in [2.24, 2.45) is 5.73 Å². The molecule has 3 N–H and O–H groups in total. The highest BCUT2D eigenvalue weighted by Gasteiger charge is 2.33. The number of anilines is 2. The van der Waals surface area contributed by atoms with Crippen LogP contribution in [0.4, 0.5) is 20.6 Å². The van der Waals surface area contributed by atoms with Gasteiger partial charge in [-0.25, -0.2) is 14.0 Å². The first-order valence-corrected chi connectivity index (χ1v) is 12.2. The predicted octanol–water partition coefficient (Wildman–Crippen LogP) is 1.80. The minimum absolute atomic E-state index is 0.106. The molecule has 2 aliphatic rings. The maximum Gasteiger partial charge on any atom is 0.414 e. The lowest BCUT2D eigenvalue weighted by Gasteiger charge is -2.36. The van der Waals surface area contributed by atoms with E-state index in [4.69, 9.17) is 27.4 Å². The Balaban J connectivity index is 1.28. The fourth-order valence-electron chi connectivity index (χ4n) is 4.16. The van der Waals surface area contributed by atoms with E-state index in [0.29, 0.717) is 43.1 Å². The van der Waals surface area contributed by atoms with Crippen LogP contribution in [0.25, 0.3) is 0 Å². The Hall–Kier alpha value is -3.93. The number of piperazine rings is 1. The van der Waals surface area contributed by atoms with Crippen molar-refractivity contribution in [2.45, 2.75) is 13.0 Å². The van der Waals surface area contributed by atoms with Gasteiger partial charge in [0, 0.05) is 26.2 Å². The number of carbonyl (C=O) groups is 3. The number of rotatable bonds is 7. The van der Waals surface area contributed by atoms with Crippen LogP contribution in [-0.2, 0) is 14.3 Å². The first kappa shape index (κ1) is 26.1. The number of carbonyl (C=O) groups excluding carboxylic acids is 3. The molecule has 196 valence electrons. The first-order valence-electron chi connectivity index (χ1n) is 11.8. The molecule has 2 aromatic rings. The Morgan fingerprint density at radius 1 is 1.16 bits per heavy atom. The maximum absolute atomic E-state index is 15.0. The normalized spacial score (nSPS) is 17.4. The summed E-state index contributed by atoms with van der Waals surface area (Å²) in [5.74, 6) is -1.34. The Kier molecular flexibility index (Phi) is 8.07. The van der Waals surface area contributed by atoms with Crippen LogP contribution in [0.3, 0.4) is 0 Å². The molecule has 2 fully saturated rings. The van der Waals surface area contributed by atoms with Crippen molar-refractivity contribution < 1.29 is 28.2 Å². The molecule has 1 atom stereocenters. The fourth-order valence-corrected chi connectivity index (χ4v) is 4.24. The number of amides is 2. The molecule has 12 heteroatoms. The summed E-state index contributed by atoms with van der Waals surface area (Å²) in [4.78, 5) is 41.7. The lowest BCUT2D eigenvalue weighted by molar-refractivity contribution is -0.134. The zero-order chi connectivity index (χ0) is 26.5. The summed E-state index contributed by atoms with van der Waals surface area (Å²) in [6.45, 7) is 3.61. The molecule has 0 aliphatic carbocycles. The first-order chi connectivity index (χ1) is 17.7. The quantitative estimate of drug-likeness (QED) is 0.409. The fraction of sp³-hybridized carbons (Fsp3) is 0.360. The van der Waals surface area contributed by atoms with Crippen LogP contribution in [0.5, 0.6) is 0 Å². The molecule has 0 radical (unpaired) electrons. The summed E-state index contributed by atoms with van der Waals surface area (Å²) in [7, 11) is 0. The SMILES string of the molecule is Cc1ccc(C(=O)OCC(=O)N2CCN(c3ccc(N4CC(CNC(N)=S)OC4=O)cc3F)CC2)cc1. The number of nitrogens with zero attached hydrogens (tertiary/aromatic N) is 3. The Morgan fingerprint density at radius 3 is 2.51 bits per heavy atom. The smallest absolute Gasteiger partial charge is 0.414 e. The second-order valence-corrected chi connectivity index (χ2v) is 9.25. The molecule has 4 rings (SSSR count). The second-order valence-electron chi connectivity index (χ2n) is 8.81. The van der Waals surface area contributed by atoms with Gasteiger partial charge in [0.15, 0.2) is 11.7 Å². The van der Waals surface area contributed by atoms with Crippen molar-refractivity contribution in [1.82, 2.24) is 10.2 Å². The Bertz CT molecular complexity index is 1190. The topological polar surface area (TPSA) is 117 Å². The molecule has 0 saturated carbocycles. The Morgan fingerprint density at radius 2 is 1.86 bits per heavy atom. The van der Waals surface area contributed by atoms with Gasteiger partial charge >= 0.3 is 12.1 Å². The zero-order valence-corrected chi connectivity index (χ0v) is 21.1. The molecule has 2 saturated heterocycles.